The fraction of sp³-hybridized carbons (Fsp3) is 0.375. The lowest BCUT2D eigenvalue weighted by atomic mass is 10.0. The van der Waals surface area contributed by atoms with E-state index in [1.54, 1.807) is 14.2 Å². The molecule has 0 bridgehead atoms. The first-order valence-electron chi connectivity index (χ1n) is 13.5. The third-order valence-corrected chi connectivity index (χ3v) is 7.54. The Balaban J connectivity index is 1.59. The van der Waals surface area contributed by atoms with Crippen molar-refractivity contribution in [2.45, 2.75) is 39.8 Å². The van der Waals surface area contributed by atoms with Crippen molar-refractivity contribution in [1.82, 2.24) is 0 Å². The molecule has 2 aliphatic heterocycles. The molecule has 6 heteroatoms. The molecule has 6 nitrogen and oxygen atoms in total. The van der Waals surface area contributed by atoms with Gasteiger partial charge in [-0.05, 0) is 60.4 Å². The normalized spacial score (nSPS) is 19.3. The number of ether oxygens (including phenoxy) is 2. The molecule has 0 radical (unpaired) electrons. The molecule has 0 saturated carbocycles. The Morgan fingerprint density at radius 1 is 0.605 bits per heavy atom. The molecule has 0 aromatic heterocycles. The van der Waals surface area contributed by atoms with Crippen molar-refractivity contribution in [3.05, 3.63) is 83.9 Å². The second-order valence-electron chi connectivity index (χ2n) is 10.7. The number of rotatable bonds is 8. The molecule has 2 aliphatic rings. The third-order valence-electron chi connectivity index (χ3n) is 7.54. The smallest absolute Gasteiger partial charge is 0.136 e. The van der Waals surface area contributed by atoms with Crippen LogP contribution in [0.5, 0.6) is 11.5 Å². The molecular weight excluding hydrogens is 472 g/mol. The molecule has 0 spiro atoms. The zero-order valence-corrected chi connectivity index (χ0v) is 23.3. The van der Waals surface area contributed by atoms with Crippen LogP contribution in [0, 0.1) is 11.8 Å². The number of amidine groups is 2. The molecule has 5 rings (SSSR count). The highest BCUT2D eigenvalue weighted by Crippen LogP contribution is 2.33. The minimum absolute atomic E-state index is 0.215. The van der Waals surface area contributed by atoms with E-state index in [0.29, 0.717) is 11.8 Å². The highest BCUT2D eigenvalue weighted by Gasteiger charge is 2.34. The Kier molecular flexibility index (Phi) is 7.41. The second kappa shape index (κ2) is 10.9. The number of hydrogen-bond donors (Lipinski definition) is 0. The van der Waals surface area contributed by atoms with Crippen molar-refractivity contribution < 1.29 is 9.47 Å². The minimum Gasteiger partial charge on any atom is -0.497 e. The summed E-state index contributed by atoms with van der Waals surface area (Å²) in [6.45, 7) is 10.7. The van der Waals surface area contributed by atoms with Crippen molar-refractivity contribution in [1.29, 1.82) is 0 Å². The van der Waals surface area contributed by atoms with Gasteiger partial charge in [-0.2, -0.15) is 0 Å². The number of hydrogen-bond acceptors (Lipinski definition) is 6. The fourth-order valence-electron chi connectivity index (χ4n) is 5.08. The van der Waals surface area contributed by atoms with Gasteiger partial charge in [-0.15, -0.1) is 0 Å². The fourth-order valence-corrected chi connectivity index (χ4v) is 5.08. The van der Waals surface area contributed by atoms with E-state index in [-0.39, 0.29) is 12.1 Å². The summed E-state index contributed by atoms with van der Waals surface area (Å²) < 4.78 is 10.8. The first-order chi connectivity index (χ1) is 18.4. The summed E-state index contributed by atoms with van der Waals surface area (Å²) >= 11 is 0. The Labute approximate surface area is 226 Å². The largest absolute Gasteiger partial charge is 0.497 e. The van der Waals surface area contributed by atoms with Crippen LogP contribution >= 0.6 is 0 Å². The molecule has 0 fully saturated rings. The summed E-state index contributed by atoms with van der Waals surface area (Å²) in [5, 5.41) is 0. The molecule has 2 atom stereocenters. The maximum absolute atomic E-state index is 5.41. The van der Waals surface area contributed by atoms with Gasteiger partial charge < -0.3 is 19.3 Å². The van der Waals surface area contributed by atoms with Crippen molar-refractivity contribution in [2.24, 2.45) is 21.8 Å². The van der Waals surface area contributed by atoms with Crippen LogP contribution in [0.1, 0.15) is 38.8 Å². The maximum Gasteiger partial charge on any atom is 0.136 e. The van der Waals surface area contributed by atoms with E-state index in [1.165, 1.54) is 0 Å². The highest BCUT2D eigenvalue weighted by atomic mass is 16.5. The van der Waals surface area contributed by atoms with Gasteiger partial charge in [0.1, 0.15) is 23.2 Å². The van der Waals surface area contributed by atoms with Crippen LogP contribution in [0.4, 0.5) is 11.4 Å². The molecule has 0 unspecified atom stereocenters. The molecule has 0 N–H and O–H groups in total. The Morgan fingerprint density at radius 2 is 0.974 bits per heavy atom. The lowest BCUT2D eigenvalue weighted by Gasteiger charge is -2.26. The first kappa shape index (κ1) is 25.8. The van der Waals surface area contributed by atoms with Crippen molar-refractivity contribution in [3.63, 3.8) is 0 Å². The average molecular weight is 511 g/mol. The molecule has 0 amide bonds. The van der Waals surface area contributed by atoms with Crippen molar-refractivity contribution >= 4 is 23.0 Å². The van der Waals surface area contributed by atoms with E-state index in [4.69, 9.17) is 19.5 Å². The number of methoxy groups -OCH3 is 2. The van der Waals surface area contributed by atoms with E-state index >= 15 is 0 Å². The average Bonchev–Trinajstić information content (AvgIpc) is 3.59. The molecule has 0 aliphatic carbocycles. The Morgan fingerprint density at radius 3 is 1.29 bits per heavy atom. The summed E-state index contributed by atoms with van der Waals surface area (Å²) in [7, 11) is 3.40. The molecular formula is C32H38N4O2. The van der Waals surface area contributed by atoms with Crippen LogP contribution in [0.3, 0.4) is 0 Å². The summed E-state index contributed by atoms with van der Waals surface area (Å²) in [6.07, 6.45) is 0. The third kappa shape index (κ3) is 5.00. The topological polar surface area (TPSA) is 49.7 Å². The molecule has 3 aromatic rings. The van der Waals surface area contributed by atoms with Crippen LogP contribution in [0.15, 0.2) is 82.8 Å². The summed E-state index contributed by atoms with van der Waals surface area (Å²) in [4.78, 5) is 15.3. The van der Waals surface area contributed by atoms with Gasteiger partial charge in [0, 0.05) is 35.6 Å². The molecule has 198 valence electrons. The summed E-state index contributed by atoms with van der Waals surface area (Å²) in [6, 6.07) is 25.5. The van der Waals surface area contributed by atoms with Crippen molar-refractivity contribution in [2.75, 3.05) is 37.1 Å². The zero-order valence-electron chi connectivity index (χ0n) is 23.3. The van der Waals surface area contributed by atoms with E-state index in [2.05, 4.69) is 86.0 Å². The number of anilines is 2. The molecule has 0 saturated heterocycles. The van der Waals surface area contributed by atoms with Gasteiger partial charge in [-0.3, -0.25) is 9.98 Å². The predicted octanol–water partition coefficient (Wildman–Crippen LogP) is 6.29. The van der Waals surface area contributed by atoms with Crippen LogP contribution in [-0.4, -0.2) is 51.1 Å². The highest BCUT2D eigenvalue weighted by molar-refractivity contribution is 6.21. The van der Waals surface area contributed by atoms with E-state index in [0.717, 1.165) is 58.8 Å². The first-order valence-corrected chi connectivity index (χ1v) is 13.5. The van der Waals surface area contributed by atoms with E-state index in [9.17, 15) is 0 Å². The van der Waals surface area contributed by atoms with Crippen LogP contribution in [0.2, 0.25) is 0 Å². The van der Waals surface area contributed by atoms with Gasteiger partial charge in [0.25, 0.3) is 0 Å². The number of nitrogens with zero attached hydrogens (tertiary/aromatic N) is 4. The SMILES string of the molecule is COc1ccc(N2C[C@H](C(C)C)N=C2c2ccccc2C2=N[C@@H](C(C)C)CN2c2ccc(OC)cc2)cc1. The van der Waals surface area contributed by atoms with Gasteiger partial charge in [0.2, 0.25) is 0 Å². The number of aliphatic imine (C=N–C) groups is 2. The number of benzene rings is 3. The lowest BCUT2D eigenvalue weighted by molar-refractivity contribution is 0.414. The maximum atomic E-state index is 5.41. The van der Waals surface area contributed by atoms with Gasteiger partial charge in [0.15, 0.2) is 0 Å². The summed E-state index contributed by atoms with van der Waals surface area (Å²) in [5.74, 6) is 4.56. The lowest BCUT2D eigenvalue weighted by Crippen LogP contribution is -2.34. The molecule has 3 aromatic carbocycles. The van der Waals surface area contributed by atoms with Gasteiger partial charge >= 0.3 is 0 Å². The zero-order chi connectivity index (χ0) is 26.8. The quantitative estimate of drug-likeness (QED) is 0.358. The van der Waals surface area contributed by atoms with Gasteiger partial charge in [0.05, 0.1) is 26.3 Å². The van der Waals surface area contributed by atoms with Crippen LogP contribution in [-0.2, 0) is 0 Å². The minimum atomic E-state index is 0.215. The van der Waals surface area contributed by atoms with Gasteiger partial charge in [-0.1, -0.05) is 52.0 Å². The Hall–Kier alpha value is -3.80. The van der Waals surface area contributed by atoms with Crippen LogP contribution in [0.25, 0.3) is 0 Å². The predicted molar refractivity (Wildman–Crippen MR) is 157 cm³/mol. The van der Waals surface area contributed by atoms with E-state index < -0.39 is 0 Å². The van der Waals surface area contributed by atoms with E-state index in [1.807, 2.05) is 24.3 Å². The monoisotopic (exact) mass is 510 g/mol. The summed E-state index contributed by atoms with van der Waals surface area (Å²) in [5.41, 5.74) is 4.44. The standard InChI is InChI=1S/C32H38N4O2/c1-21(2)29-19-35(23-11-15-25(37-5)16-12-23)31(33-29)27-9-7-8-10-28(27)32-34-30(22(3)4)20-36(32)24-13-17-26(38-6)18-14-24/h7-18,21-22,29-30H,19-20H2,1-6H3/t29-,30-/m1/s1. The Bertz CT molecular complexity index is 1210. The molecule has 2 heterocycles. The van der Waals surface area contributed by atoms with Crippen molar-refractivity contribution in [3.8, 4) is 11.5 Å². The second-order valence-corrected chi connectivity index (χ2v) is 10.7. The van der Waals surface area contributed by atoms with Gasteiger partial charge in [-0.25, -0.2) is 0 Å². The van der Waals surface area contributed by atoms with Crippen LogP contribution < -0.4 is 19.3 Å². The molecule has 38 heavy (non-hydrogen) atoms.